The summed E-state index contributed by atoms with van der Waals surface area (Å²) in [7, 11) is 0. The first kappa shape index (κ1) is 24.8. The van der Waals surface area contributed by atoms with Crippen LogP contribution in [0.15, 0.2) is 22.7 Å². The Morgan fingerprint density at radius 1 is 1.22 bits per heavy atom. The Balaban J connectivity index is 1.29. The van der Waals surface area contributed by atoms with Gasteiger partial charge in [0.2, 0.25) is 11.8 Å². The van der Waals surface area contributed by atoms with Crippen LogP contribution in [-0.2, 0) is 4.79 Å². The van der Waals surface area contributed by atoms with Gasteiger partial charge < -0.3 is 14.5 Å². The molecule has 0 spiro atoms. The van der Waals surface area contributed by atoms with Crippen molar-refractivity contribution in [1.29, 1.82) is 0 Å². The zero-order valence-corrected chi connectivity index (χ0v) is 21.4. The minimum Gasteiger partial charge on any atom is -0.387 e. The third-order valence-corrected chi connectivity index (χ3v) is 7.83. The molecule has 0 saturated carbocycles. The highest BCUT2D eigenvalue weighted by molar-refractivity contribution is 5.84. The number of fused-ring (bicyclic) bond motifs is 1. The second-order valence-corrected chi connectivity index (χ2v) is 11.1. The van der Waals surface area contributed by atoms with Gasteiger partial charge in [-0.05, 0) is 54.9 Å². The van der Waals surface area contributed by atoms with E-state index in [0.29, 0.717) is 30.5 Å². The molecule has 2 fully saturated rings. The molecule has 1 amide bonds. The zero-order chi connectivity index (χ0) is 25.6. The highest BCUT2D eigenvalue weighted by Crippen LogP contribution is 2.37. The number of carbonyl (C=O) groups is 1. The Bertz CT molecular complexity index is 1240. The van der Waals surface area contributed by atoms with Crippen LogP contribution in [0.25, 0.3) is 16.9 Å². The van der Waals surface area contributed by atoms with Crippen molar-refractivity contribution in [3.8, 4) is 5.95 Å². The summed E-state index contributed by atoms with van der Waals surface area (Å²) in [5.41, 5.74) is 1.11. The Labute approximate surface area is 210 Å². The van der Waals surface area contributed by atoms with Crippen molar-refractivity contribution in [2.45, 2.75) is 64.8 Å². The van der Waals surface area contributed by atoms with E-state index in [4.69, 9.17) is 4.52 Å². The molecule has 2 saturated heterocycles. The first-order valence-corrected chi connectivity index (χ1v) is 12.8. The Hall–Kier alpha value is -2.85. The van der Waals surface area contributed by atoms with Gasteiger partial charge in [-0.2, -0.15) is 14.8 Å². The summed E-state index contributed by atoms with van der Waals surface area (Å²) >= 11 is 0. The van der Waals surface area contributed by atoms with Crippen molar-refractivity contribution in [3.05, 3.63) is 35.6 Å². The molecule has 2 aliphatic rings. The molecule has 1 atom stereocenters. The molecule has 4 heterocycles. The topological polar surface area (TPSA) is 101 Å². The van der Waals surface area contributed by atoms with E-state index in [0.717, 1.165) is 43.4 Å². The number of likely N-dealkylation sites (tertiary alicyclic amines) is 2. The monoisotopic (exact) mass is 498 g/mol. The van der Waals surface area contributed by atoms with Crippen molar-refractivity contribution in [2.75, 3.05) is 32.8 Å². The van der Waals surface area contributed by atoms with Gasteiger partial charge in [0.05, 0.1) is 5.69 Å². The minimum atomic E-state index is -0.432. The van der Waals surface area contributed by atoms with Gasteiger partial charge >= 0.3 is 0 Å². The van der Waals surface area contributed by atoms with Crippen LogP contribution in [0, 0.1) is 11.2 Å². The number of amides is 1. The zero-order valence-electron chi connectivity index (χ0n) is 21.4. The van der Waals surface area contributed by atoms with Crippen LogP contribution in [0.2, 0.25) is 0 Å². The normalized spacial score (nSPS) is 21.5. The minimum absolute atomic E-state index is 0.0626. The van der Waals surface area contributed by atoms with Gasteiger partial charge in [-0.25, -0.2) is 4.39 Å². The number of aromatic nitrogens is 4. The number of hydrogen-bond donors (Lipinski definition) is 1. The third-order valence-electron chi connectivity index (χ3n) is 7.83. The van der Waals surface area contributed by atoms with Crippen molar-refractivity contribution in [2.24, 2.45) is 5.41 Å². The lowest BCUT2D eigenvalue weighted by Gasteiger charge is -2.50. The van der Waals surface area contributed by atoms with Gasteiger partial charge in [-0.3, -0.25) is 9.69 Å². The third kappa shape index (κ3) is 4.41. The van der Waals surface area contributed by atoms with Gasteiger partial charge in [0.25, 0.3) is 5.95 Å². The summed E-state index contributed by atoms with van der Waals surface area (Å²) in [6, 6.07) is 5.36. The lowest BCUT2D eigenvalue weighted by Crippen LogP contribution is -2.58. The van der Waals surface area contributed by atoms with Gasteiger partial charge in [0.15, 0.2) is 0 Å². The number of halogens is 1. The van der Waals surface area contributed by atoms with E-state index in [1.807, 2.05) is 19.9 Å². The van der Waals surface area contributed by atoms with E-state index in [-0.39, 0.29) is 34.9 Å². The standard InChI is InChI=1S/C26H35FN6O3/c1-16(2)22-18-6-5-7-19(27)23(18)33(29-22)25-28-24(36-30-25)17-8-11-31(12-9-17)20-10-13-32(21(35)14-34)15-26(20,3)4/h5-7,16-17,20,34H,8-15H2,1-4H3. The molecule has 1 aromatic carbocycles. The highest BCUT2D eigenvalue weighted by Gasteiger charge is 2.42. The molecule has 194 valence electrons. The summed E-state index contributed by atoms with van der Waals surface area (Å²) in [6.45, 7) is 11.2. The Kier molecular flexibility index (Phi) is 6.59. The summed E-state index contributed by atoms with van der Waals surface area (Å²) < 4.78 is 21.9. The highest BCUT2D eigenvalue weighted by atomic mass is 19.1. The van der Waals surface area contributed by atoms with E-state index in [9.17, 15) is 14.3 Å². The molecule has 5 rings (SSSR count). The number of nitrogens with zero attached hydrogens (tertiary/aromatic N) is 6. The van der Waals surface area contributed by atoms with Crippen molar-refractivity contribution in [3.63, 3.8) is 0 Å². The van der Waals surface area contributed by atoms with Crippen LogP contribution in [0.3, 0.4) is 0 Å². The number of para-hydroxylation sites is 1. The maximum absolute atomic E-state index is 14.8. The van der Waals surface area contributed by atoms with Crippen LogP contribution in [-0.4, -0.2) is 79.6 Å². The predicted octanol–water partition coefficient (Wildman–Crippen LogP) is 3.47. The average molecular weight is 499 g/mol. The number of hydrogen-bond acceptors (Lipinski definition) is 7. The number of benzene rings is 1. The second kappa shape index (κ2) is 9.55. The molecule has 2 aromatic heterocycles. The molecule has 1 N–H and O–H groups in total. The molecule has 36 heavy (non-hydrogen) atoms. The lowest BCUT2D eigenvalue weighted by atomic mass is 9.77. The molecule has 0 radical (unpaired) electrons. The second-order valence-electron chi connectivity index (χ2n) is 11.1. The van der Waals surface area contributed by atoms with E-state index >= 15 is 0 Å². The van der Waals surface area contributed by atoms with E-state index in [2.05, 4.69) is 34.0 Å². The number of aliphatic hydroxyl groups excluding tert-OH is 1. The molecule has 9 nitrogen and oxygen atoms in total. The summed E-state index contributed by atoms with van der Waals surface area (Å²) in [4.78, 5) is 20.9. The fourth-order valence-corrected chi connectivity index (χ4v) is 5.99. The van der Waals surface area contributed by atoms with E-state index in [1.54, 1.807) is 11.0 Å². The number of carbonyl (C=O) groups excluding carboxylic acids is 1. The van der Waals surface area contributed by atoms with Crippen molar-refractivity contribution >= 4 is 16.8 Å². The average Bonchev–Trinajstić information content (AvgIpc) is 3.49. The van der Waals surface area contributed by atoms with Crippen LogP contribution >= 0.6 is 0 Å². The quantitative estimate of drug-likeness (QED) is 0.575. The van der Waals surface area contributed by atoms with E-state index in [1.165, 1.54) is 10.7 Å². The smallest absolute Gasteiger partial charge is 0.291 e. The molecule has 10 heteroatoms. The summed E-state index contributed by atoms with van der Waals surface area (Å²) in [5, 5.41) is 18.8. The van der Waals surface area contributed by atoms with Crippen molar-refractivity contribution < 1.29 is 18.8 Å². The molecule has 0 aliphatic carbocycles. The van der Waals surface area contributed by atoms with Gasteiger partial charge in [0, 0.05) is 30.4 Å². The first-order chi connectivity index (χ1) is 17.2. The number of rotatable bonds is 5. The summed E-state index contributed by atoms with van der Waals surface area (Å²) in [5.74, 6) is 0.538. The molecule has 1 unspecified atom stereocenters. The first-order valence-electron chi connectivity index (χ1n) is 12.8. The molecule has 2 aliphatic heterocycles. The SMILES string of the molecule is CC(C)c1nn(-c2noc(C3CCN(C4CCN(C(=O)CO)CC4(C)C)CC3)n2)c2c(F)cccc12. The predicted molar refractivity (Wildman–Crippen MR) is 132 cm³/mol. The number of aliphatic hydroxyl groups is 1. The van der Waals surface area contributed by atoms with Crippen molar-refractivity contribution in [1.82, 2.24) is 29.7 Å². The maximum atomic E-state index is 14.8. The fourth-order valence-electron chi connectivity index (χ4n) is 5.99. The Morgan fingerprint density at radius 2 is 1.97 bits per heavy atom. The maximum Gasteiger partial charge on any atom is 0.291 e. The van der Waals surface area contributed by atoms with Gasteiger partial charge in [-0.1, -0.05) is 39.8 Å². The molecular weight excluding hydrogens is 463 g/mol. The number of piperidine rings is 2. The van der Waals surface area contributed by atoms with Crippen LogP contribution < -0.4 is 0 Å². The molecule has 0 bridgehead atoms. The lowest BCUT2D eigenvalue weighted by molar-refractivity contribution is -0.139. The van der Waals surface area contributed by atoms with Crippen LogP contribution in [0.5, 0.6) is 0 Å². The molecule has 3 aromatic rings. The summed E-state index contributed by atoms with van der Waals surface area (Å²) in [6.07, 6.45) is 2.67. The largest absolute Gasteiger partial charge is 0.387 e. The van der Waals surface area contributed by atoms with Gasteiger partial charge in [0.1, 0.15) is 17.9 Å². The van der Waals surface area contributed by atoms with Crippen LogP contribution in [0.4, 0.5) is 4.39 Å². The molecular formula is C26H35FN6O3. The van der Waals surface area contributed by atoms with Gasteiger partial charge in [-0.15, -0.1) is 0 Å². The fraction of sp³-hybridized carbons (Fsp3) is 0.615. The van der Waals surface area contributed by atoms with Crippen LogP contribution in [0.1, 0.15) is 70.4 Å². The van der Waals surface area contributed by atoms with E-state index < -0.39 is 6.61 Å². The Morgan fingerprint density at radius 3 is 2.64 bits per heavy atom.